The molecule has 2 aromatic heterocycles. The van der Waals surface area contributed by atoms with Crippen LogP contribution in [0.1, 0.15) is 16.7 Å². The molecule has 0 atom stereocenters. The molecule has 6 nitrogen and oxygen atoms in total. The lowest BCUT2D eigenvalue weighted by molar-refractivity contribution is -0.126. The highest BCUT2D eigenvalue weighted by Gasteiger charge is 2.21. The van der Waals surface area contributed by atoms with E-state index >= 15 is 0 Å². The molecule has 6 heteroatoms. The van der Waals surface area contributed by atoms with Crippen molar-refractivity contribution in [2.75, 3.05) is 31.1 Å². The zero-order valence-corrected chi connectivity index (χ0v) is 20.1. The van der Waals surface area contributed by atoms with Gasteiger partial charge in [-0.2, -0.15) is 5.10 Å². The fraction of sp³-hybridized carbons (Fsp3) is 0.207. The van der Waals surface area contributed by atoms with Crippen LogP contribution in [-0.4, -0.2) is 51.8 Å². The van der Waals surface area contributed by atoms with Gasteiger partial charge >= 0.3 is 0 Å². The Labute approximate surface area is 206 Å². The zero-order chi connectivity index (χ0) is 24.2. The van der Waals surface area contributed by atoms with Crippen LogP contribution < -0.4 is 4.90 Å². The normalized spacial score (nSPS) is 14.0. The fourth-order valence-electron chi connectivity index (χ4n) is 4.46. The molecular weight excluding hydrogens is 434 g/mol. The van der Waals surface area contributed by atoms with Gasteiger partial charge in [-0.3, -0.25) is 9.78 Å². The smallest absolute Gasteiger partial charge is 0.246 e. The first-order chi connectivity index (χ1) is 17.1. The molecule has 0 spiro atoms. The van der Waals surface area contributed by atoms with Crippen LogP contribution in [0, 0.1) is 13.8 Å². The molecule has 0 unspecified atom stereocenters. The summed E-state index contributed by atoms with van der Waals surface area (Å²) < 4.78 is 1.84. The minimum atomic E-state index is 0.0233. The number of anilines is 1. The summed E-state index contributed by atoms with van der Waals surface area (Å²) in [5, 5.41) is 4.79. The summed E-state index contributed by atoms with van der Waals surface area (Å²) in [6.45, 7) is 7.38. The predicted molar refractivity (Wildman–Crippen MR) is 141 cm³/mol. The maximum Gasteiger partial charge on any atom is 0.246 e. The number of carbonyl (C=O) groups is 1. The van der Waals surface area contributed by atoms with E-state index in [9.17, 15) is 4.79 Å². The summed E-state index contributed by atoms with van der Waals surface area (Å²) in [5.41, 5.74) is 7.43. The second kappa shape index (κ2) is 9.97. The Balaban J connectivity index is 1.33. The minimum Gasteiger partial charge on any atom is -0.368 e. The van der Waals surface area contributed by atoms with Gasteiger partial charge in [0.1, 0.15) is 5.69 Å². The molecule has 1 saturated heterocycles. The van der Waals surface area contributed by atoms with Crippen molar-refractivity contribution in [3.8, 4) is 16.9 Å². The lowest BCUT2D eigenvalue weighted by Gasteiger charge is -2.36. The Bertz CT molecular complexity index is 1340. The second-order valence-corrected chi connectivity index (χ2v) is 8.82. The van der Waals surface area contributed by atoms with Gasteiger partial charge in [0.2, 0.25) is 5.91 Å². The number of benzene rings is 2. The number of hydrogen-bond donors (Lipinski definition) is 0. The SMILES string of the molecule is Cc1cccc(N2CCN(C(=O)/C=C/c3cn(-c4ccccc4)nc3-c3cccnc3)CC2)c1C. The third-order valence-electron chi connectivity index (χ3n) is 6.61. The van der Waals surface area contributed by atoms with E-state index < -0.39 is 0 Å². The van der Waals surface area contributed by atoms with Crippen LogP contribution in [0.5, 0.6) is 0 Å². The van der Waals surface area contributed by atoms with Crippen LogP contribution in [0.3, 0.4) is 0 Å². The molecule has 3 heterocycles. The maximum absolute atomic E-state index is 13.0. The van der Waals surface area contributed by atoms with Gasteiger partial charge in [-0.1, -0.05) is 30.3 Å². The molecule has 1 aliphatic rings. The lowest BCUT2D eigenvalue weighted by atomic mass is 10.1. The zero-order valence-electron chi connectivity index (χ0n) is 20.1. The Hall–Kier alpha value is -4.19. The second-order valence-electron chi connectivity index (χ2n) is 8.82. The lowest BCUT2D eigenvalue weighted by Crippen LogP contribution is -2.48. The molecule has 4 aromatic rings. The molecule has 176 valence electrons. The van der Waals surface area contributed by atoms with Crippen LogP contribution in [0.4, 0.5) is 5.69 Å². The van der Waals surface area contributed by atoms with Gasteiger partial charge in [-0.05, 0) is 61.4 Å². The molecule has 35 heavy (non-hydrogen) atoms. The van der Waals surface area contributed by atoms with Crippen LogP contribution in [0.15, 0.2) is 85.3 Å². The quantitative estimate of drug-likeness (QED) is 0.395. The molecule has 1 amide bonds. The van der Waals surface area contributed by atoms with Crippen molar-refractivity contribution in [3.05, 3.63) is 102 Å². The molecule has 0 aliphatic carbocycles. The number of nitrogens with zero attached hydrogens (tertiary/aromatic N) is 5. The van der Waals surface area contributed by atoms with Gasteiger partial charge < -0.3 is 9.80 Å². The molecule has 0 N–H and O–H groups in total. The monoisotopic (exact) mass is 463 g/mol. The van der Waals surface area contributed by atoms with Crippen molar-refractivity contribution in [2.24, 2.45) is 0 Å². The van der Waals surface area contributed by atoms with E-state index in [1.54, 1.807) is 18.5 Å². The van der Waals surface area contributed by atoms with Gasteiger partial charge in [0.05, 0.1) is 5.69 Å². The Morgan fingerprint density at radius 1 is 0.914 bits per heavy atom. The van der Waals surface area contributed by atoms with E-state index in [4.69, 9.17) is 5.10 Å². The Morgan fingerprint density at radius 3 is 2.46 bits per heavy atom. The number of aromatic nitrogens is 3. The largest absolute Gasteiger partial charge is 0.368 e. The van der Waals surface area contributed by atoms with Crippen molar-refractivity contribution >= 4 is 17.7 Å². The van der Waals surface area contributed by atoms with Crippen molar-refractivity contribution < 1.29 is 4.79 Å². The van der Waals surface area contributed by atoms with Gasteiger partial charge in [-0.25, -0.2) is 4.68 Å². The van der Waals surface area contributed by atoms with Gasteiger partial charge in [0, 0.05) is 67.7 Å². The number of carbonyl (C=O) groups excluding carboxylic acids is 1. The summed E-state index contributed by atoms with van der Waals surface area (Å²) in [6.07, 6.45) is 9.03. The van der Waals surface area contributed by atoms with Crippen LogP contribution >= 0.6 is 0 Å². The minimum absolute atomic E-state index is 0.0233. The molecule has 1 fully saturated rings. The first-order valence-corrected chi connectivity index (χ1v) is 11.9. The van der Waals surface area contributed by atoms with Crippen LogP contribution in [0.2, 0.25) is 0 Å². The number of piperazine rings is 1. The molecular formula is C29H29N5O. The Morgan fingerprint density at radius 2 is 1.71 bits per heavy atom. The standard InChI is InChI=1S/C29H29N5O/c1-22-8-6-12-27(23(22)2)32-16-18-33(19-17-32)28(35)14-13-25-21-34(26-10-4-3-5-11-26)31-29(25)24-9-7-15-30-20-24/h3-15,20-21H,16-19H2,1-2H3/b14-13+. The van der Waals surface area contributed by atoms with Crippen LogP contribution in [0.25, 0.3) is 23.0 Å². The fourth-order valence-corrected chi connectivity index (χ4v) is 4.46. The maximum atomic E-state index is 13.0. The molecule has 0 bridgehead atoms. The molecule has 0 saturated carbocycles. The van der Waals surface area contributed by atoms with E-state index in [1.165, 1.54) is 16.8 Å². The number of pyridine rings is 1. The van der Waals surface area contributed by atoms with Crippen molar-refractivity contribution in [1.82, 2.24) is 19.7 Å². The highest BCUT2D eigenvalue weighted by molar-refractivity contribution is 5.93. The number of rotatable bonds is 5. The van der Waals surface area contributed by atoms with E-state index in [1.807, 2.05) is 64.3 Å². The molecule has 0 radical (unpaired) electrons. The summed E-state index contributed by atoms with van der Waals surface area (Å²) in [6, 6.07) is 20.3. The highest BCUT2D eigenvalue weighted by atomic mass is 16.2. The first kappa shape index (κ1) is 22.6. The average Bonchev–Trinajstić information content (AvgIpc) is 3.34. The topological polar surface area (TPSA) is 54.3 Å². The van der Waals surface area contributed by atoms with E-state index in [-0.39, 0.29) is 5.91 Å². The van der Waals surface area contributed by atoms with Gasteiger partial charge in [0.15, 0.2) is 0 Å². The third kappa shape index (κ3) is 4.87. The molecule has 1 aliphatic heterocycles. The Kier molecular flexibility index (Phi) is 6.44. The first-order valence-electron chi connectivity index (χ1n) is 11.9. The van der Waals surface area contributed by atoms with E-state index in [0.29, 0.717) is 13.1 Å². The number of aryl methyl sites for hydroxylation is 1. The molecule has 2 aromatic carbocycles. The summed E-state index contributed by atoms with van der Waals surface area (Å²) >= 11 is 0. The van der Waals surface area contributed by atoms with Gasteiger partial charge in [0.25, 0.3) is 0 Å². The summed E-state index contributed by atoms with van der Waals surface area (Å²) in [4.78, 5) is 21.6. The van der Waals surface area contributed by atoms with E-state index in [0.717, 1.165) is 35.6 Å². The van der Waals surface area contributed by atoms with E-state index in [2.05, 4.69) is 41.9 Å². The van der Waals surface area contributed by atoms with Crippen LogP contribution in [-0.2, 0) is 4.79 Å². The predicted octanol–water partition coefficient (Wildman–Crippen LogP) is 4.91. The highest BCUT2D eigenvalue weighted by Crippen LogP contribution is 2.25. The van der Waals surface area contributed by atoms with Crippen molar-refractivity contribution in [2.45, 2.75) is 13.8 Å². The third-order valence-corrected chi connectivity index (χ3v) is 6.61. The number of hydrogen-bond acceptors (Lipinski definition) is 4. The summed E-state index contributed by atoms with van der Waals surface area (Å²) in [7, 11) is 0. The van der Waals surface area contributed by atoms with Gasteiger partial charge in [-0.15, -0.1) is 0 Å². The average molecular weight is 464 g/mol. The number of para-hydroxylation sites is 1. The van der Waals surface area contributed by atoms with Crippen molar-refractivity contribution in [1.29, 1.82) is 0 Å². The van der Waals surface area contributed by atoms with Crippen molar-refractivity contribution in [3.63, 3.8) is 0 Å². The molecule has 5 rings (SSSR count). The summed E-state index contributed by atoms with van der Waals surface area (Å²) in [5.74, 6) is 0.0233. The number of amides is 1.